The maximum Gasteiger partial charge on any atom is 0.416 e. The summed E-state index contributed by atoms with van der Waals surface area (Å²) in [5, 5.41) is 2.40. The van der Waals surface area contributed by atoms with Gasteiger partial charge in [0.2, 0.25) is 5.95 Å². The number of nitrogen functional groups attached to an aromatic ring is 1. The Hall–Kier alpha value is -4.85. The van der Waals surface area contributed by atoms with Gasteiger partial charge in [0.05, 0.1) is 22.8 Å². The summed E-state index contributed by atoms with van der Waals surface area (Å²) in [6, 6.07) is 11.8. The highest BCUT2D eigenvalue weighted by molar-refractivity contribution is 6.04. The molecule has 3 aromatic heterocycles. The van der Waals surface area contributed by atoms with Crippen molar-refractivity contribution < 1.29 is 22.8 Å². The van der Waals surface area contributed by atoms with Crippen molar-refractivity contribution in [1.82, 2.24) is 19.3 Å². The number of nitrogens with two attached hydrogens (primary N) is 1. The van der Waals surface area contributed by atoms with Crippen molar-refractivity contribution in [2.45, 2.75) is 32.0 Å². The van der Waals surface area contributed by atoms with Crippen LogP contribution in [0.2, 0.25) is 0 Å². The molecule has 3 N–H and O–H groups in total. The third kappa shape index (κ3) is 5.01. The van der Waals surface area contributed by atoms with Gasteiger partial charge in [-0.3, -0.25) is 14.0 Å². The Morgan fingerprint density at radius 1 is 1.08 bits per heavy atom. The predicted octanol–water partition coefficient (Wildman–Crippen LogP) is 4.94. The monoisotopic (exact) mass is 532 g/mol. The average Bonchev–Trinajstić information content (AvgIpc) is 3.54. The second-order valence-corrected chi connectivity index (χ2v) is 9.00. The molecule has 1 unspecified atom stereocenters. The fraction of sp³-hybridized carbons (Fsp3) is 0.214. The first-order valence-corrected chi connectivity index (χ1v) is 12.1. The van der Waals surface area contributed by atoms with Gasteiger partial charge in [-0.25, -0.2) is 9.97 Å². The molecule has 0 aliphatic carbocycles. The number of rotatable bonds is 4. The zero-order valence-electron chi connectivity index (χ0n) is 20.8. The number of hydrogen-bond donors (Lipinski definition) is 2. The zero-order chi connectivity index (χ0) is 27.7. The third-order valence-electron chi connectivity index (χ3n) is 6.61. The van der Waals surface area contributed by atoms with E-state index in [1.807, 2.05) is 12.1 Å². The number of amides is 2. The summed E-state index contributed by atoms with van der Waals surface area (Å²) in [6.07, 6.45) is -0.324. The molecule has 0 radical (unpaired) electrons. The number of likely N-dealkylation sites (tertiary alicyclic amines) is 1. The average molecular weight is 533 g/mol. The molecule has 0 saturated carbocycles. The molecular formula is C28H23F3N6O2. The molecule has 8 nitrogen and oxygen atoms in total. The van der Waals surface area contributed by atoms with Crippen LogP contribution in [-0.2, 0) is 11.0 Å². The third-order valence-corrected chi connectivity index (χ3v) is 6.61. The Balaban J connectivity index is 1.46. The Labute approximate surface area is 221 Å². The molecule has 1 aliphatic heterocycles. The molecule has 0 bridgehead atoms. The molecule has 1 fully saturated rings. The molecule has 4 aromatic rings. The summed E-state index contributed by atoms with van der Waals surface area (Å²) in [5.41, 5.74) is 8.75. The lowest BCUT2D eigenvalue weighted by Gasteiger charge is -2.22. The maximum absolute atomic E-state index is 13.0. The van der Waals surface area contributed by atoms with Crippen LogP contribution in [0.1, 0.15) is 47.3 Å². The molecule has 39 heavy (non-hydrogen) atoms. The SMILES string of the molecule is CC#CC(=O)N1CCCC1c1cc(-c2ccc(C(=O)Nc3cc(C(F)(F)F)ccn3)cc2)n2c(N)nccc12. The van der Waals surface area contributed by atoms with Gasteiger partial charge in [-0.15, -0.1) is 0 Å². The van der Waals surface area contributed by atoms with E-state index in [0.717, 1.165) is 53.5 Å². The van der Waals surface area contributed by atoms with Crippen molar-refractivity contribution in [1.29, 1.82) is 0 Å². The Morgan fingerprint density at radius 3 is 2.54 bits per heavy atom. The molecule has 1 saturated heterocycles. The van der Waals surface area contributed by atoms with Crippen LogP contribution in [-0.4, -0.2) is 37.6 Å². The van der Waals surface area contributed by atoms with E-state index in [1.165, 1.54) is 0 Å². The highest BCUT2D eigenvalue weighted by Crippen LogP contribution is 2.39. The molecule has 2 amide bonds. The highest BCUT2D eigenvalue weighted by atomic mass is 19.4. The van der Waals surface area contributed by atoms with Crippen LogP contribution in [0.15, 0.2) is 60.9 Å². The standard InChI is InChI=1S/C28H23F3N6O2/c1-2-4-25(38)36-14-3-5-21(36)20-16-23(37-22(20)11-13-34-27(37)32)17-6-8-18(9-7-17)26(39)35-24-15-19(10-12-33-24)28(29,30)31/h6-13,15-16,21H,3,5,14H2,1H3,(H2,32,34)(H,33,35,39). The molecular weight excluding hydrogens is 509 g/mol. The van der Waals surface area contributed by atoms with Crippen LogP contribution in [0.25, 0.3) is 16.8 Å². The number of benzene rings is 1. The van der Waals surface area contributed by atoms with E-state index >= 15 is 0 Å². The first kappa shape index (κ1) is 25.8. The minimum absolute atomic E-state index is 0.172. The van der Waals surface area contributed by atoms with Crippen LogP contribution >= 0.6 is 0 Å². The van der Waals surface area contributed by atoms with Gasteiger partial charge in [-0.05, 0) is 67.6 Å². The maximum atomic E-state index is 13.0. The summed E-state index contributed by atoms with van der Waals surface area (Å²) < 4.78 is 40.8. The van der Waals surface area contributed by atoms with Crippen molar-refractivity contribution in [3.05, 3.63) is 77.6 Å². The molecule has 11 heteroatoms. The number of nitrogens with one attached hydrogen (secondary N) is 1. The predicted molar refractivity (Wildman–Crippen MR) is 139 cm³/mol. The Kier molecular flexibility index (Phi) is 6.70. The molecule has 198 valence electrons. The lowest BCUT2D eigenvalue weighted by Crippen LogP contribution is -2.29. The van der Waals surface area contributed by atoms with Gasteiger partial charge in [0, 0.05) is 30.1 Å². The number of carbonyl (C=O) groups is 2. The molecule has 1 aromatic carbocycles. The zero-order valence-corrected chi connectivity index (χ0v) is 20.8. The fourth-order valence-corrected chi connectivity index (χ4v) is 4.85. The van der Waals surface area contributed by atoms with Crippen molar-refractivity contribution in [2.75, 3.05) is 17.6 Å². The normalized spacial score (nSPS) is 15.2. The number of carbonyl (C=O) groups excluding carboxylic acids is 2. The van der Waals surface area contributed by atoms with E-state index in [1.54, 1.807) is 46.7 Å². The van der Waals surface area contributed by atoms with E-state index in [-0.39, 0.29) is 29.3 Å². The number of nitrogens with zero attached hydrogens (tertiary/aromatic N) is 4. The number of pyridine rings is 1. The van der Waals surface area contributed by atoms with E-state index in [2.05, 4.69) is 27.1 Å². The van der Waals surface area contributed by atoms with Crippen molar-refractivity contribution in [3.63, 3.8) is 0 Å². The summed E-state index contributed by atoms with van der Waals surface area (Å²) in [5.74, 6) is 4.52. The number of anilines is 2. The second-order valence-electron chi connectivity index (χ2n) is 9.00. The largest absolute Gasteiger partial charge is 0.416 e. The van der Waals surface area contributed by atoms with Gasteiger partial charge >= 0.3 is 6.18 Å². The van der Waals surface area contributed by atoms with Crippen LogP contribution in [0.4, 0.5) is 24.9 Å². The van der Waals surface area contributed by atoms with Gasteiger partial charge in [0.15, 0.2) is 0 Å². The van der Waals surface area contributed by atoms with Gasteiger partial charge < -0.3 is 16.0 Å². The van der Waals surface area contributed by atoms with E-state index in [4.69, 9.17) is 5.73 Å². The lowest BCUT2D eigenvalue weighted by molar-refractivity contribution is -0.137. The minimum Gasteiger partial charge on any atom is -0.369 e. The van der Waals surface area contributed by atoms with Crippen LogP contribution < -0.4 is 11.1 Å². The molecule has 5 rings (SSSR count). The number of halogens is 3. The first-order valence-electron chi connectivity index (χ1n) is 12.1. The van der Waals surface area contributed by atoms with Gasteiger partial charge in [0.1, 0.15) is 5.82 Å². The van der Waals surface area contributed by atoms with Gasteiger partial charge in [0.25, 0.3) is 11.8 Å². The molecule has 0 spiro atoms. The quantitative estimate of drug-likeness (QED) is 0.363. The van der Waals surface area contributed by atoms with Crippen LogP contribution in [0.3, 0.4) is 0 Å². The Morgan fingerprint density at radius 2 is 1.82 bits per heavy atom. The highest BCUT2D eigenvalue weighted by Gasteiger charge is 2.32. The number of fused-ring (bicyclic) bond motifs is 1. The summed E-state index contributed by atoms with van der Waals surface area (Å²) in [7, 11) is 0. The van der Waals surface area contributed by atoms with Crippen molar-refractivity contribution in [3.8, 4) is 23.1 Å². The van der Waals surface area contributed by atoms with Gasteiger partial charge in [-0.2, -0.15) is 13.2 Å². The summed E-state index contributed by atoms with van der Waals surface area (Å²) >= 11 is 0. The Bertz CT molecular complexity index is 1630. The second kappa shape index (κ2) is 10.1. The lowest BCUT2D eigenvalue weighted by atomic mass is 10.0. The van der Waals surface area contributed by atoms with Crippen molar-refractivity contribution in [2.24, 2.45) is 0 Å². The van der Waals surface area contributed by atoms with Crippen molar-refractivity contribution >= 4 is 29.1 Å². The first-order chi connectivity index (χ1) is 18.7. The van der Waals surface area contributed by atoms with Crippen LogP contribution in [0, 0.1) is 11.8 Å². The topological polar surface area (TPSA) is 106 Å². The number of alkyl halides is 3. The van der Waals surface area contributed by atoms with Crippen LogP contribution in [0.5, 0.6) is 0 Å². The smallest absolute Gasteiger partial charge is 0.369 e. The summed E-state index contributed by atoms with van der Waals surface area (Å²) in [4.78, 5) is 35.1. The number of hydrogen-bond acceptors (Lipinski definition) is 5. The fourth-order valence-electron chi connectivity index (χ4n) is 4.85. The molecule has 4 heterocycles. The minimum atomic E-state index is -4.55. The molecule has 1 atom stereocenters. The van der Waals surface area contributed by atoms with E-state index in [0.29, 0.717) is 6.54 Å². The van der Waals surface area contributed by atoms with E-state index in [9.17, 15) is 22.8 Å². The van der Waals surface area contributed by atoms with Gasteiger partial charge in [-0.1, -0.05) is 18.1 Å². The van der Waals surface area contributed by atoms with E-state index < -0.39 is 17.6 Å². The summed E-state index contributed by atoms with van der Waals surface area (Å²) in [6.45, 7) is 2.23. The number of aromatic nitrogens is 3. The molecule has 1 aliphatic rings.